The van der Waals surface area contributed by atoms with Gasteiger partial charge in [0.2, 0.25) is 0 Å². The van der Waals surface area contributed by atoms with Crippen molar-refractivity contribution < 1.29 is 18.7 Å². The van der Waals surface area contributed by atoms with Crippen LogP contribution in [0.15, 0.2) is 29.2 Å². The number of hydrogen-bond donors (Lipinski definition) is 1. The van der Waals surface area contributed by atoms with E-state index in [1.807, 2.05) is 0 Å². The molecule has 152 valence electrons. The van der Waals surface area contributed by atoms with Gasteiger partial charge in [0.05, 0.1) is 5.75 Å². The second kappa shape index (κ2) is 8.05. The van der Waals surface area contributed by atoms with Crippen molar-refractivity contribution in [3.05, 3.63) is 30.1 Å². The third-order valence-corrected chi connectivity index (χ3v) is 7.95. The predicted octanol–water partition coefficient (Wildman–Crippen LogP) is 4.18. The normalized spacial score (nSPS) is 31.4. The van der Waals surface area contributed by atoms with Gasteiger partial charge in [-0.2, -0.15) is 0 Å². The molecule has 4 fully saturated rings. The van der Waals surface area contributed by atoms with Crippen molar-refractivity contribution >= 4 is 23.6 Å². The van der Waals surface area contributed by atoms with E-state index in [1.54, 1.807) is 18.2 Å². The number of ether oxygens (including phenoxy) is 1. The van der Waals surface area contributed by atoms with E-state index in [1.165, 1.54) is 44.6 Å². The summed E-state index contributed by atoms with van der Waals surface area (Å²) in [7, 11) is 0. The van der Waals surface area contributed by atoms with Crippen molar-refractivity contribution in [3.63, 3.8) is 0 Å². The Hall–Kier alpha value is -1.56. The Morgan fingerprint density at radius 1 is 1.18 bits per heavy atom. The van der Waals surface area contributed by atoms with Gasteiger partial charge in [0.15, 0.2) is 6.61 Å². The second-order valence-corrected chi connectivity index (χ2v) is 9.97. The van der Waals surface area contributed by atoms with Crippen LogP contribution in [0, 0.1) is 29.0 Å². The molecule has 0 aliphatic heterocycles. The lowest BCUT2D eigenvalue weighted by Gasteiger charge is -2.59. The molecule has 4 aliphatic rings. The summed E-state index contributed by atoms with van der Waals surface area (Å²) < 4.78 is 18.7. The molecule has 4 aliphatic carbocycles. The SMILES string of the molecule is C[C@H](NC(=O)COC(=O)CSc1ccccc1F)C12CC3CC(CC(C3)C1)C2. The first-order valence-corrected chi connectivity index (χ1v) is 11.2. The first kappa shape index (κ1) is 19.7. The fourth-order valence-corrected chi connectivity index (χ4v) is 6.77. The molecular weight excluding hydrogens is 377 g/mol. The van der Waals surface area contributed by atoms with Crippen molar-refractivity contribution in [1.29, 1.82) is 0 Å². The van der Waals surface area contributed by atoms with Gasteiger partial charge in [0.25, 0.3) is 5.91 Å². The van der Waals surface area contributed by atoms with Crippen LogP contribution < -0.4 is 5.32 Å². The van der Waals surface area contributed by atoms with Crippen LogP contribution >= 0.6 is 11.8 Å². The summed E-state index contributed by atoms with van der Waals surface area (Å²) in [5.74, 6) is 1.37. The standard InChI is InChI=1S/C22H28FNO3S/c1-14(22-9-15-6-16(10-22)8-17(7-15)11-22)24-20(25)12-27-21(26)13-28-19-5-3-2-4-18(19)23/h2-5,14-17H,6-13H2,1H3,(H,24,25)/t14-,15?,16?,17?,22?/m0/s1. The number of thioether (sulfide) groups is 1. The van der Waals surface area contributed by atoms with E-state index >= 15 is 0 Å². The Morgan fingerprint density at radius 3 is 2.39 bits per heavy atom. The number of rotatable bonds is 7. The highest BCUT2D eigenvalue weighted by atomic mass is 32.2. The van der Waals surface area contributed by atoms with E-state index in [2.05, 4.69) is 12.2 Å². The molecule has 6 heteroatoms. The molecule has 4 saturated carbocycles. The monoisotopic (exact) mass is 405 g/mol. The lowest BCUT2D eigenvalue weighted by molar-refractivity contribution is -0.147. The molecule has 0 saturated heterocycles. The molecule has 0 unspecified atom stereocenters. The molecule has 0 aromatic heterocycles. The number of carbonyl (C=O) groups excluding carboxylic acids is 2. The van der Waals surface area contributed by atoms with E-state index < -0.39 is 5.97 Å². The summed E-state index contributed by atoms with van der Waals surface area (Å²) in [6, 6.07) is 6.41. The molecular formula is C22H28FNO3S. The number of carbonyl (C=O) groups is 2. The van der Waals surface area contributed by atoms with Crippen LogP contribution in [-0.4, -0.2) is 30.3 Å². The van der Waals surface area contributed by atoms with Crippen LogP contribution in [0.3, 0.4) is 0 Å². The van der Waals surface area contributed by atoms with Crippen LogP contribution in [0.4, 0.5) is 4.39 Å². The van der Waals surface area contributed by atoms with Gasteiger partial charge in [-0.15, -0.1) is 11.8 Å². The Kier molecular flexibility index (Phi) is 5.68. The van der Waals surface area contributed by atoms with Crippen molar-refractivity contribution in [2.45, 2.75) is 56.4 Å². The smallest absolute Gasteiger partial charge is 0.316 e. The number of benzene rings is 1. The highest BCUT2D eigenvalue weighted by molar-refractivity contribution is 8.00. The maximum atomic E-state index is 13.6. The van der Waals surface area contributed by atoms with Crippen molar-refractivity contribution in [1.82, 2.24) is 5.32 Å². The number of nitrogens with one attached hydrogen (secondary N) is 1. The van der Waals surface area contributed by atoms with Gasteiger partial charge in [-0.3, -0.25) is 9.59 Å². The van der Waals surface area contributed by atoms with Gasteiger partial charge < -0.3 is 10.1 Å². The van der Waals surface area contributed by atoms with E-state index in [0.717, 1.165) is 29.5 Å². The molecule has 4 nitrogen and oxygen atoms in total. The minimum Gasteiger partial charge on any atom is -0.455 e. The van der Waals surface area contributed by atoms with Gasteiger partial charge in [-0.1, -0.05) is 12.1 Å². The molecule has 1 aromatic rings. The van der Waals surface area contributed by atoms with Crippen LogP contribution in [0.2, 0.25) is 0 Å². The Labute approximate surface area is 170 Å². The number of esters is 1. The van der Waals surface area contributed by atoms with Crippen LogP contribution in [-0.2, 0) is 14.3 Å². The zero-order valence-corrected chi connectivity index (χ0v) is 17.1. The third kappa shape index (κ3) is 4.22. The maximum Gasteiger partial charge on any atom is 0.316 e. The first-order valence-electron chi connectivity index (χ1n) is 10.3. The fraction of sp³-hybridized carbons (Fsp3) is 0.636. The molecule has 0 spiro atoms. The molecule has 1 aromatic carbocycles. The minimum absolute atomic E-state index is 0.0151. The van der Waals surface area contributed by atoms with Gasteiger partial charge >= 0.3 is 5.97 Å². The molecule has 1 amide bonds. The van der Waals surface area contributed by atoms with E-state index in [9.17, 15) is 14.0 Å². The highest BCUT2D eigenvalue weighted by Crippen LogP contribution is 2.61. The lowest BCUT2D eigenvalue weighted by atomic mass is 9.48. The molecule has 5 rings (SSSR count). The van der Waals surface area contributed by atoms with E-state index in [4.69, 9.17) is 4.74 Å². The predicted molar refractivity (Wildman–Crippen MR) is 106 cm³/mol. The molecule has 28 heavy (non-hydrogen) atoms. The summed E-state index contributed by atoms with van der Waals surface area (Å²) in [6.45, 7) is 1.84. The average Bonchev–Trinajstić information content (AvgIpc) is 2.64. The summed E-state index contributed by atoms with van der Waals surface area (Å²) >= 11 is 1.08. The number of halogens is 1. The largest absolute Gasteiger partial charge is 0.455 e. The van der Waals surface area contributed by atoms with Crippen molar-refractivity contribution in [2.75, 3.05) is 12.4 Å². The Bertz CT molecular complexity index is 718. The van der Waals surface area contributed by atoms with Crippen molar-refractivity contribution in [3.8, 4) is 0 Å². The van der Waals surface area contributed by atoms with Gasteiger partial charge in [-0.05, 0) is 80.8 Å². The Morgan fingerprint density at radius 2 is 1.79 bits per heavy atom. The average molecular weight is 406 g/mol. The fourth-order valence-electron chi connectivity index (χ4n) is 6.03. The molecule has 0 heterocycles. The number of amides is 1. The lowest BCUT2D eigenvalue weighted by Crippen LogP contribution is -2.56. The van der Waals surface area contributed by atoms with Crippen LogP contribution in [0.5, 0.6) is 0 Å². The molecule has 4 bridgehead atoms. The van der Waals surface area contributed by atoms with Gasteiger partial charge in [0, 0.05) is 10.9 Å². The molecule has 1 N–H and O–H groups in total. The summed E-state index contributed by atoms with van der Waals surface area (Å²) in [4.78, 5) is 24.6. The summed E-state index contributed by atoms with van der Waals surface area (Å²) in [5.41, 5.74) is 0.231. The maximum absolute atomic E-state index is 13.6. The van der Waals surface area contributed by atoms with E-state index in [0.29, 0.717) is 4.90 Å². The van der Waals surface area contributed by atoms with Gasteiger partial charge in [0.1, 0.15) is 5.82 Å². The van der Waals surface area contributed by atoms with Gasteiger partial charge in [-0.25, -0.2) is 4.39 Å². The third-order valence-electron chi connectivity index (χ3n) is 6.93. The topological polar surface area (TPSA) is 55.4 Å². The summed E-state index contributed by atoms with van der Waals surface area (Å²) in [5, 5.41) is 3.09. The second-order valence-electron chi connectivity index (χ2n) is 8.95. The summed E-state index contributed by atoms with van der Waals surface area (Å²) in [6.07, 6.45) is 7.78. The Balaban J connectivity index is 1.22. The highest BCUT2D eigenvalue weighted by Gasteiger charge is 2.53. The van der Waals surface area contributed by atoms with E-state index in [-0.39, 0.29) is 35.5 Å². The molecule has 0 radical (unpaired) electrons. The van der Waals surface area contributed by atoms with Crippen molar-refractivity contribution in [2.24, 2.45) is 23.2 Å². The molecule has 1 atom stereocenters. The number of hydrogen-bond acceptors (Lipinski definition) is 4. The zero-order chi connectivity index (χ0) is 19.7. The minimum atomic E-state index is -0.508. The first-order chi connectivity index (χ1) is 13.4. The van der Waals surface area contributed by atoms with Crippen LogP contribution in [0.25, 0.3) is 0 Å². The quantitative estimate of drug-likeness (QED) is 0.546. The van der Waals surface area contributed by atoms with Crippen LogP contribution in [0.1, 0.15) is 45.4 Å². The zero-order valence-electron chi connectivity index (χ0n) is 16.3.